The highest BCUT2D eigenvalue weighted by Gasteiger charge is 2.11. The molecule has 1 N–H and O–H groups in total. The summed E-state index contributed by atoms with van der Waals surface area (Å²) in [5.41, 5.74) is 0.0211. The standard InChI is InChI=1S/C14H16FNO2/c1-3-4-5-6-9-16-14(17)12-8-7-11(18-2)10-13(12)15/h1,7-8,10H,4-6,9H2,2H3,(H,16,17). The Morgan fingerprint density at radius 1 is 1.50 bits per heavy atom. The van der Waals surface area contributed by atoms with Crippen LogP contribution in [0.5, 0.6) is 5.75 Å². The highest BCUT2D eigenvalue weighted by atomic mass is 19.1. The van der Waals surface area contributed by atoms with Crippen LogP contribution in [0.25, 0.3) is 0 Å². The molecular weight excluding hydrogens is 233 g/mol. The van der Waals surface area contributed by atoms with Crippen LogP contribution in [0, 0.1) is 18.2 Å². The largest absolute Gasteiger partial charge is 0.497 e. The third-order valence-electron chi connectivity index (χ3n) is 2.45. The van der Waals surface area contributed by atoms with Crippen LogP contribution in [0.3, 0.4) is 0 Å². The van der Waals surface area contributed by atoms with Gasteiger partial charge in [0.1, 0.15) is 11.6 Å². The highest BCUT2D eigenvalue weighted by molar-refractivity contribution is 5.94. The lowest BCUT2D eigenvalue weighted by Gasteiger charge is -2.06. The Hall–Kier alpha value is -2.02. The van der Waals surface area contributed by atoms with E-state index in [-0.39, 0.29) is 5.56 Å². The molecule has 0 bridgehead atoms. The molecule has 0 aromatic heterocycles. The minimum absolute atomic E-state index is 0.0211. The molecule has 0 heterocycles. The van der Waals surface area contributed by atoms with E-state index in [1.54, 1.807) is 6.07 Å². The van der Waals surface area contributed by atoms with E-state index < -0.39 is 11.7 Å². The number of nitrogens with one attached hydrogen (secondary N) is 1. The molecule has 0 unspecified atom stereocenters. The highest BCUT2D eigenvalue weighted by Crippen LogP contribution is 2.16. The summed E-state index contributed by atoms with van der Waals surface area (Å²) in [5, 5.41) is 2.65. The average Bonchev–Trinajstić information content (AvgIpc) is 2.38. The first kappa shape index (κ1) is 14.0. The van der Waals surface area contributed by atoms with Gasteiger partial charge in [-0.1, -0.05) is 0 Å². The van der Waals surface area contributed by atoms with E-state index in [4.69, 9.17) is 11.2 Å². The second-order valence-electron chi connectivity index (χ2n) is 3.76. The molecule has 1 amide bonds. The first-order chi connectivity index (χ1) is 8.69. The van der Waals surface area contributed by atoms with Crippen molar-refractivity contribution in [3.05, 3.63) is 29.6 Å². The molecule has 18 heavy (non-hydrogen) atoms. The zero-order valence-corrected chi connectivity index (χ0v) is 10.3. The van der Waals surface area contributed by atoms with Crippen molar-refractivity contribution in [1.82, 2.24) is 5.32 Å². The minimum atomic E-state index is -0.588. The van der Waals surface area contributed by atoms with Crippen molar-refractivity contribution in [2.24, 2.45) is 0 Å². The van der Waals surface area contributed by atoms with E-state index in [9.17, 15) is 9.18 Å². The second-order valence-corrected chi connectivity index (χ2v) is 3.76. The predicted octanol–water partition coefficient (Wildman–Crippen LogP) is 2.37. The van der Waals surface area contributed by atoms with Gasteiger partial charge in [-0.3, -0.25) is 4.79 Å². The van der Waals surface area contributed by atoms with Crippen molar-refractivity contribution in [1.29, 1.82) is 0 Å². The molecule has 1 aromatic rings. The number of carbonyl (C=O) groups excluding carboxylic acids is 1. The van der Waals surface area contributed by atoms with Crippen LogP contribution in [0.4, 0.5) is 4.39 Å². The minimum Gasteiger partial charge on any atom is -0.497 e. The lowest BCUT2D eigenvalue weighted by molar-refractivity contribution is 0.0949. The van der Waals surface area contributed by atoms with Gasteiger partial charge in [0.2, 0.25) is 0 Å². The summed E-state index contributed by atoms with van der Waals surface area (Å²) < 4.78 is 18.4. The molecule has 0 radical (unpaired) electrons. The van der Waals surface area contributed by atoms with Crippen LogP contribution in [-0.4, -0.2) is 19.6 Å². The fraction of sp³-hybridized carbons (Fsp3) is 0.357. The molecule has 4 heteroatoms. The van der Waals surface area contributed by atoms with E-state index in [0.29, 0.717) is 18.7 Å². The normalized spacial score (nSPS) is 9.61. The number of terminal acetylenes is 1. The third-order valence-corrected chi connectivity index (χ3v) is 2.45. The van der Waals surface area contributed by atoms with E-state index in [2.05, 4.69) is 11.2 Å². The zero-order valence-electron chi connectivity index (χ0n) is 10.3. The van der Waals surface area contributed by atoms with Gasteiger partial charge in [-0.05, 0) is 25.0 Å². The van der Waals surface area contributed by atoms with Gasteiger partial charge in [-0.15, -0.1) is 12.3 Å². The molecule has 0 fully saturated rings. The maximum Gasteiger partial charge on any atom is 0.254 e. The Labute approximate surface area is 106 Å². The quantitative estimate of drug-likeness (QED) is 0.621. The Morgan fingerprint density at radius 3 is 2.89 bits per heavy atom. The van der Waals surface area contributed by atoms with Crippen molar-refractivity contribution < 1.29 is 13.9 Å². The van der Waals surface area contributed by atoms with Crippen LogP contribution < -0.4 is 10.1 Å². The van der Waals surface area contributed by atoms with Gasteiger partial charge in [0.15, 0.2) is 0 Å². The lowest BCUT2D eigenvalue weighted by atomic mass is 10.2. The number of unbranched alkanes of at least 4 members (excludes halogenated alkanes) is 2. The number of amides is 1. The zero-order chi connectivity index (χ0) is 13.4. The molecule has 0 saturated carbocycles. The SMILES string of the molecule is C#CCCCCNC(=O)c1ccc(OC)cc1F. The number of benzene rings is 1. The molecule has 1 aromatic carbocycles. The smallest absolute Gasteiger partial charge is 0.254 e. The van der Waals surface area contributed by atoms with Gasteiger partial charge in [0, 0.05) is 19.0 Å². The first-order valence-corrected chi connectivity index (χ1v) is 5.74. The number of methoxy groups -OCH3 is 1. The predicted molar refractivity (Wildman–Crippen MR) is 68.0 cm³/mol. The number of hydrogen-bond donors (Lipinski definition) is 1. The molecule has 0 aliphatic heterocycles. The third kappa shape index (κ3) is 4.10. The fourth-order valence-electron chi connectivity index (χ4n) is 1.46. The Morgan fingerprint density at radius 2 is 2.28 bits per heavy atom. The Balaban J connectivity index is 2.49. The van der Waals surface area contributed by atoms with Crippen LogP contribution in [0.2, 0.25) is 0 Å². The topological polar surface area (TPSA) is 38.3 Å². The maximum atomic E-state index is 13.6. The van der Waals surface area contributed by atoms with Gasteiger partial charge >= 0.3 is 0 Å². The van der Waals surface area contributed by atoms with E-state index in [0.717, 1.165) is 12.8 Å². The number of carbonyl (C=O) groups is 1. The van der Waals surface area contributed by atoms with Gasteiger partial charge in [-0.2, -0.15) is 0 Å². The Bertz CT molecular complexity index is 452. The van der Waals surface area contributed by atoms with Crippen LogP contribution in [0.15, 0.2) is 18.2 Å². The molecule has 0 atom stereocenters. The lowest BCUT2D eigenvalue weighted by Crippen LogP contribution is -2.25. The molecule has 0 aliphatic carbocycles. The van der Waals surface area contributed by atoms with Crippen molar-refractivity contribution in [3.63, 3.8) is 0 Å². The maximum absolute atomic E-state index is 13.6. The number of hydrogen-bond acceptors (Lipinski definition) is 2. The molecule has 3 nitrogen and oxygen atoms in total. The molecule has 0 spiro atoms. The van der Waals surface area contributed by atoms with E-state index >= 15 is 0 Å². The summed E-state index contributed by atoms with van der Waals surface area (Å²) in [6.45, 7) is 0.492. The van der Waals surface area contributed by atoms with Gasteiger partial charge in [-0.25, -0.2) is 4.39 Å². The van der Waals surface area contributed by atoms with Crippen molar-refractivity contribution >= 4 is 5.91 Å². The van der Waals surface area contributed by atoms with Crippen LogP contribution >= 0.6 is 0 Å². The number of ether oxygens (including phenoxy) is 1. The summed E-state index contributed by atoms with van der Waals surface area (Å²) in [5.74, 6) is 1.90. The summed E-state index contributed by atoms with van der Waals surface area (Å²) in [6.07, 6.45) is 7.43. The average molecular weight is 249 g/mol. The van der Waals surface area contributed by atoms with Crippen molar-refractivity contribution in [2.45, 2.75) is 19.3 Å². The van der Waals surface area contributed by atoms with Crippen LogP contribution in [-0.2, 0) is 0 Å². The van der Waals surface area contributed by atoms with Gasteiger partial charge in [0.25, 0.3) is 5.91 Å². The second kappa shape index (κ2) is 7.33. The fourth-order valence-corrected chi connectivity index (χ4v) is 1.46. The van der Waals surface area contributed by atoms with Crippen LogP contribution in [0.1, 0.15) is 29.6 Å². The van der Waals surface area contributed by atoms with E-state index in [1.165, 1.54) is 19.2 Å². The number of halogens is 1. The monoisotopic (exact) mass is 249 g/mol. The van der Waals surface area contributed by atoms with Crippen molar-refractivity contribution in [2.75, 3.05) is 13.7 Å². The van der Waals surface area contributed by atoms with Gasteiger partial charge in [0.05, 0.1) is 12.7 Å². The molecule has 0 aliphatic rings. The summed E-state index contributed by atoms with van der Waals surface area (Å²) in [7, 11) is 1.44. The summed E-state index contributed by atoms with van der Waals surface area (Å²) >= 11 is 0. The van der Waals surface area contributed by atoms with Gasteiger partial charge < -0.3 is 10.1 Å². The molecule has 1 rings (SSSR count). The number of rotatable bonds is 6. The first-order valence-electron chi connectivity index (χ1n) is 5.74. The molecule has 96 valence electrons. The summed E-state index contributed by atoms with van der Waals surface area (Å²) in [4.78, 5) is 11.7. The Kier molecular flexibility index (Phi) is 5.72. The van der Waals surface area contributed by atoms with Crippen molar-refractivity contribution in [3.8, 4) is 18.1 Å². The summed E-state index contributed by atoms with van der Waals surface area (Å²) in [6, 6.07) is 4.15. The molecule has 0 saturated heterocycles. The van der Waals surface area contributed by atoms with E-state index in [1.807, 2.05) is 0 Å². The molecular formula is C14H16FNO2.